The Bertz CT molecular complexity index is 997. The summed E-state index contributed by atoms with van der Waals surface area (Å²) in [6, 6.07) is 15.6. The van der Waals surface area contributed by atoms with E-state index in [1.54, 1.807) is 30.5 Å². The highest BCUT2D eigenvalue weighted by atomic mass is 35.5. The maximum absolute atomic E-state index is 14.3. The first-order valence-corrected chi connectivity index (χ1v) is 9.38. The molecular weight excluding hydrogens is 379 g/mol. The summed E-state index contributed by atoms with van der Waals surface area (Å²) in [4.78, 5) is 16.3. The van der Waals surface area contributed by atoms with Crippen LogP contribution in [0.5, 0.6) is 11.5 Å². The Morgan fingerprint density at radius 2 is 2.07 bits per heavy atom. The predicted octanol–water partition coefficient (Wildman–Crippen LogP) is 5.09. The number of aromatic nitrogens is 1. The molecule has 28 heavy (non-hydrogen) atoms. The van der Waals surface area contributed by atoms with Crippen molar-refractivity contribution in [3.8, 4) is 11.5 Å². The Hall–Kier alpha value is -2.92. The number of carbonyl (C=O) groups is 1. The van der Waals surface area contributed by atoms with Crippen LogP contribution in [0.3, 0.4) is 0 Å². The number of amides is 1. The molecule has 1 fully saturated rings. The van der Waals surface area contributed by atoms with Crippen LogP contribution < -0.4 is 10.1 Å². The van der Waals surface area contributed by atoms with Gasteiger partial charge in [-0.2, -0.15) is 0 Å². The van der Waals surface area contributed by atoms with Crippen LogP contribution in [0.2, 0.25) is 5.02 Å². The molecule has 1 aromatic heterocycles. The molecule has 1 aliphatic rings. The zero-order chi connectivity index (χ0) is 19.5. The van der Waals surface area contributed by atoms with Gasteiger partial charge in [-0.25, -0.2) is 4.39 Å². The third-order valence-electron chi connectivity index (χ3n) is 4.76. The molecule has 0 saturated heterocycles. The zero-order valence-electron chi connectivity index (χ0n) is 14.9. The van der Waals surface area contributed by atoms with E-state index >= 15 is 0 Å². The Morgan fingerprint density at radius 1 is 1.21 bits per heavy atom. The van der Waals surface area contributed by atoms with E-state index in [9.17, 15) is 9.18 Å². The van der Waals surface area contributed by atoms with E-state index in [1.165, 1.54) is 12.3 Å². The lowest BCUT2D eigenvalue weighted by Crippen LogP contribution is -2.24. The van der Waals surface area contributed by atoms with Gasteiger partial charge < -0.3 is 10.1 Å². The molecule has 1 saturated carbocycles. The van der Waals surface area contributed by atoms with Crippen molar-refractivity contribution in [2.75, 3.05) is 0 Å². The number of ether oxygens (including phenoxy) is 1. The molecule has 1 N–H and O–H groups in total. The zero-order valence-corrected chi connectivity index (χ0v) is 15.7. The summed E-state index contributed by atoms with van der Waals surface area (Å²) in [6.45, 7) is 0.259. The van der Waals surface area contributed by atoms with Crippen molar-refractivity contribution in [3.05, 3.63) is 89.0 Å². The van der Waals surface area contributed by atoms with E-state index < -0.39 is 5.82 Å². The van der Waals surface area contributed by atoms with E-state index in [1.807, 2.05) is 24.3 Å². The fraction of sp³-hybridized carbons (Fsp3) is 0.182. The lowest BCUT2D eigenvalue weighted by atomic mass is 10.1. The second-order valence-corrected chi connectivity index (χ2v) is 7.15. The number of hydrogen-bond acceptors (Lipinski definition) is 3. The maximum Gasteiger partial charge on any atom is 0.224 e. The normalized spacial score (nSPS) is 17.8. The summed E-state index contributed by atoms with van der Waals surface area (Å²) in [5.74, 6) is 0.112. The highest BCUT2D eigenvalue weighted by molar-refractivity contribution is 6.31. The molecule has 6 heteroatoms. The van der Waals surface area contributed by atoms with Crippen LogP contribution in [-0.2, 0) is 11.3 Å². The molecule has 2 unspecified atom stereocenters. The average molecular weight is 397 g/mol. The lowest BCUT2D eigenvalue weighted by Gasteiger charge is -2.09. The number of halogens is 2. The molecular formula is C22H18ClFN2O2. The van der Waals surface area contributed by atoms with E-state index in [0.29, 0.717) is 16.3 Å². The minimum absolute atomic E-state index is 0.0407. The number of benzene rings is 2. The summed E-state index contributed by atoms with van der Waals surface area (Å²) < 4.78 is 19.8. The van der Waals surface area contributed by atoms with Crippen molar-refractivity contribution in [1.82, 2.24) is 10.3 Å². The SMILES string of the molecule is O=C(NCc1ccc(Oc2cccnc2)c(F)c1)C1CC1c1ccccc1Cl. The van der Waals surface area contributed by atoms with E-state index in [0.717, 1.165) is 12.0 Å². The van der Waals surface area contributed by atoms with Gasteiger partial charge >= 0.3 is 0 Å². The van der Waals surface area contributed by atoms with Gasteiger partial charge in [0.15, 0.2) is 11.6 Å². The van der Waals surface area contributed by atoms with Crippen molar-refractivity contribution in [2.45, 2.75) is 18.9 Å². The van der Waals surface area contributed by atoms with Gasteiger partial charge in [0.2, 0.25) is 5.91 Å². The number of nitrogens with one attached hydrogen (secondary N) is 1. The van der Waals surface area contributed by atoms with Crippen LogP contribution in [-0.4, -0.2) is 10.9 Å². The largest absolute Gasteiger partial charge is 0.453 e. The molecule has 2 aromatic carbocycles. The van der Waals surface area contributed by atoms with Crippen molar-refractivity contribution < 1.29 is 13.9 Å². The quantitative estimate of drug-likeness (QED) is 0.631. The third-order valence-corrected chi connectivity index (χ3v) is 5.10. The number of rotatable bonds is 6. The molecule has 4 rings (SSSR count). The molecule has 1 aliphatic carbocycles. The van der Waals surface area contributed by atoms with Crippen LogP contribution in [0, 0.1) is 11.7 Å². The standard InChI is InChI=1S/C22H18ClFN2O2/c23-19-6-2-1-5-16(19)17-11-18(17)22(27)26-12-14-7-8-21(20(24)10-14)28-15-4-3-9-25-13-15/h1-10,13,17-18H,11-12H2,(H,26,27). The Labute approximate surface area is 167 Å². The fourth-order valence-corrected chi connectivity index (χ4v) is 3.47. The van der Waals surface area contributed by atoms with Crippen LogP contribution in [0.25, 0.3) is 0 Å². The number of hydrogen-bond donors (Lipinski definition) is 1. The van der Waals surface area contributed by atoms with E-state index in [2.05, 4.69) is 10.3 Å². The monoisotopic (exact) mass is 396 g/mol. The second kappa shape index (κ2) is 7.98. The molecule has 2 atom stereocenters. The van der Waals surface area contributed by atoms with Gasteiger partial charge in [0, 0.05) is 23.7 Å². The summed E-state index contributed by atoms with van der Waals surface area (Å²) >= 11 is 6.20. The average Bonchev–Trinajstić information content (AvgIpc) is 3.50. The number of pyridine rings is 1. The molecule has 3 aromatic rings. The topological polar surface area (TPSA) is 51.2 Å². The highest BCUT2D eigenvalue weighted by Gasteiger charge is 2.44. The van der Waals surface area contributed by atoms with Crippen LogP contribution >= 0.6 is 11.6 Å². The Morgan fingerprint density at radius 3 is 2.82 bits per heavy atom. The third kappa shape index (κ3) is 4.15. The first-order chi connectivity index (χ1) is 13.6. The van der Waals surface area contributed by atoms with Gasteiger partial charge in [0.1, 0.15) is 5.75 Å². The van der Waals surface area contributed by atoms with Crippen LogP contribution in [0.1, 0.15) is 23.5 Å². The number of nitrogens with zero attached hydrogens (tertiary/aromatic N) is 1. The molecule has 0 radical (unpaired) electrons. The predicted molar refractivity (Wildman–Crippen MR) is 105 cm³/mol. The second-order valence-electron chi connectivity index (χ2n) is 6.74. The Kier molecular flexibility index (Phi) is 5.26. The van der Waals surface area contributed by atoms with Crippen LogP contribution in [0.15, 0.2) is 67.0 Å². The molecule has 0 spiro atoms. The maximum atomic E-state index is 14.3. The van der Waals surface area contributed by atoms with Gasteiger partial charge in [-0.3, -0.25) is 9.78 Å². The van der Waals surface area contributed by atoms with Gasteiger partial charge in [-0.05, 0) is 53.8 Å². The highest BCUT2D eigenvalue weighted by Crippen LogP contribution is 2.49. The summed E-state index contributed by atoms with van der Waals surface area (Å²) in [6.07, 6.45) is 3.91. The first-order valence-electron chi connectivity index (χ1n) is 9.00. The van der Waals surface area contributed by atoms with Gasteiger partial charge in [0.25, 0.3) is 0 Å². The van der Waals surface area contributed by atoms with E-state index in [-0.39, 0.29) is 30.0 Å². The van der Waals surface area contributed by atoms with Crippen molar-refractivity contribution >= 4 is 17.5 Å². The molecule has 1 heterocycles. The number of carbonyl (C=O) groups excluding carboxylic acids is 1. The fourth-order valence-electron chi connectivity index (χ4n) is 3.20. The molecule has 0 bridgehead atoms. The molecule has 0 aliphatic heterocycles. The minimum atomic E-state index is -0.490. The lowest BCUT2D eigenvalue weighted by molar-refractivity contribution is -0.122. The first kappa shape index (κ1) is 18.4. The van der Waals surface area contributed by atoms with Crippen molar-refractivity contribution in [2.24, 2.45) is 5.92 Å². The van der Waals surface area contributed by atoms with Gasteiger partial charge in [-0.1, -0.05) is 35.9 Å². The smallest absolute Gasteiger partial charge is 0.224 e. The minimum Gasteiger partial charge on any atom is -0.453 e. The summed E-state index contributed by atoms with van der Waals surface area (Å²) in [7, 11) is 0. The Balaban J connectivity index is 1.33. The van der Waals surface area contributed by atoms with E-state index in [4.69, 9.17) is 16.3 Å². The van der Waals surface area contributed by atoms with Crippen molar-refractivity contribution in [1.29, 1.82) is 0 Å². The van der Waals surface area contributed by atoms with Crippen molar-refractivity contribution in [3.63, 3.8) is 0 Å². The summed E-state index contributed by atoms with van der Waals surface area (Å²) in [5.41, 5.74) is 1.67. The van der Waals surface area contributed by atoms with Gasteiger partial charge in [-0.15, -0.1) is 0 Å². The molecule has 4 nitrogen and oxygen atoms in total. The molecule has 142 valence electrons. The van der Waals surface area contributed by atoms with Gasteiger partial charge in [0.05, 0.1) is 6.20 Å². The molecule has 1 amide bonds. The summed E-state index contributed by atoms with van der Waals surface area (Å²) in [5, 5.41) is 3.57. The van der Waals surface area contributed by atoms with Crippen LogP contribution in [0.4, 0.5) is 4.39 Å².